The molecule has 2 aromatic rings. The van der Waals surface area contributed by atoms with Gasteiger partial charge in [-0.05, 0) is 18.9 Å². The van der Waals surface area contributed by atoms with E-state index in [9.17, 15) is 9.59 Å². The predicted molar refractivity (Wildman–Crippen MR) is 85.6 cm³/mol. The van der Waals surface area contributed by atoms with Crippen LogP contribution in [0.2, 0.25) is 10.0 Å². The maximum absolute atomic E-state index is 12.6. The second-order valence-electron chi connectivity index (χ2n) is 5.95. The summed E-state index contributed by atoms with van der Waals surface area (Å²) in [7, 11) is 0. The van der Waals surface area contributed by atoms with Gasteiger partial charge in [0.2, 0.25) is 5.91 Å². The van der Waals surface area contributed by atoms with Crippen molar-refractivity contribution in [1.82, 2.24) is 19.2 Å². The van der Waals surface area contributed by atoms with Crippen molar-refractivity contribution in [2.75, 3.05) is 19.8 Å². The molecule has 1 saturated heterocycles. The quantitative estimate of drug-likeness (QED) is 0.833. The first kappa shape index (κ1) is 14.8. The van der Waals surface area contributed by atoms with E-state index in [0.29, 0.717) is 41.1 Å². The number of aromatic nitrogens is 2. The summed E-state index contributed by atoms with van der Waals surface area (Å²) >= 11 is 12.1. The number of amides is 2. The standard InChI is InChI=1S/C15H14Cl2N4O2/c16-10-5-11(17)13-18-12(7-21(13)6-10)15(23)20-4-3-19(8-20)14(22)9-1-2-9/h5-7,9H,1-4,8H2. The first-order valence-corrected chi connectivity index (χ1v) is 8.20. The Kier molecular flexibility index (Phi) is 3.46. The van der Waals surface area contributed by atoms with E-state index in [1.54, 1.807) is 32.7 Å². The van der Waals surface area contributed by atoms with Crippen molar-refractivity contribution in [3.05, 3.63) is 34.2 Å². The molecule has 4 rings (SSSR count). The van der Waals surface area contributed by atoms with Gasteiger partial charge in [0.15, 0.2) is 5.65 Å². The van der Waals surface area contributed by atoms with Crippen molar-refractivity contribution in [2.45, 2.75) is 12.8 Å². The minimum Gasteiger partial charge on any atom is -0.323 e. The third kappa shape index (κ3) is 2.66. The van der Waals surface area contributed by atoms with E-state index in [1.807, 2.05) is 0 Å². The molecule has 0 N–H and O–H groups in total. The number of carbonyl (C=O) groups is 2. The molecule has 0 spiro atoms. The molecule has 2 fully saturated rings. The van der Waals surface area contributed by atoms with E-state index in [0.717, 1.165) is 12.8 Å². The van der Waals surface area contributed by atoms with Crippen molar-refractivity contribution in [3.8, 4) is 0 Å². The monoisotopic (exact) mass is 352 g/mol. The molecule has 2 aliphatic rings. The second kappa shape index (κ2) is 5.39. The summed E-state index contributed by atoms with van der Waals surface area (Å²) in [5.74, 6) is 0.123. The van der Waals surface area contributed by atoms with Crippen LogP contribution in [0.25, 0.3) is 5.65 Å². The van der Waals surface area contributed by atoms with Crippen molar-refractivity contribution >= 4 is 40.7 Å². The average Bonchev–Trinajstić information content (AvgIpc) is 3.08. The van der Waals surface area contributed by atoms with Crippen LogP contribution in [0.3, 0.4) is 0 Å². The lowest BCUT2D eigenvalue weighted by atomic mass is 10.4. The van der Waals surface area contributed by atoms with E-state index in [1.165, 1.54) is 0 Å². The summed E-state index contributed by atoms with van der Waals surface area (Å²) in [6, 6.07) is 1.59. The first-order chi connectivity index (χ1) is 11.0. The fourth-order valence-electron chi connectivity index (χ4n) is 2.81. The molecule has 0 unspecified atom stereocenters. The van der Waals surface area contributed by atoms with Crippen LogP contribution in [0.1, 0.15) is 23.3 Å². The van der Waals surface area contributed by atoms with Gasteiger partial charge in [0.1, 0.15) is 5.69 Å². The Morgan fingerprint density at radius 1 is 1.13 bits per heavy atom. The minimum absolute atomic E-state index is 0.158. The zero-order valence-electron chi connectivity index (χ0n) is 12.2. The molecule has 1 aliphatic carbocycles. The SMILES string of the molecule is O=C(c1cn2cc(Cl)cc(Cl)c2n1)N1CCN(C(=O)C2CC2)C1. The van der Waals surface area contributed by atoms with Crippen LogP contribution >= 0.6 is 23.2 Å². The minimum atomic E-state index is -0.202. The molecule has 2 amide bonds. The number of halogens is 2. The maximum Gasteiger partial charge on any atom is 0.275 e. The van der Waals surface area contributed by atoms with Crippen LogP contribution < -0.4 is 0 Å². The Labute approximate surface area is 142 Å². The molecular formula is C15H14Cl2N4O2. The number of imidazole rings is 1. The van der Waals surface area contributed by atoms with E-state index < -0.39 is 0 Å². The van der Waals surface area contributed by atoms with E-state index >= 15 is 0 Å². The van der Waals surface area contributed by atoms with Crippen LogP contribution in [0.4, 0.5) is 0 Å². The molecule has 2 aromatic heterocycles. The smallest absolute Gasteiger partial charge is 0.275 e. The van der Waals surface area contributed by atoms with Gasteiger partial charge in [0.25, 0.3) is 5.91 Å². The lowest BCUT2D eigenvalue weighted by Crippen LogP contribution is -2.34. The molecule has 8 heteroatoms. The molecule has 6 nitrogen and oxygen atoms in total. The van der Waals surface area contributed by atoms with Crippen LogP contribution in [-0.2, 0) is 4.79 Å². The fraction of sp³-hybridized carbons (Fsp3) is 0.400. The molecular weight excluding hydrogens is 339 g/mol. The lowest BCUT2D eigenvalue weighted by Gasteiger charge is -2.17. The zero-order chi connectivity index (χ0) is 16.1. The van der Waals surface area contributed by atoms with E-state index in [2.05, 4.69) is 4.98 Å². The maximum atomic E-state index is 12.6. The molecule has 0 atom stereocenters. The van der Waals surface area contributed by atoms with Crippen LogP contribution in [0.5, 0.6) is 0 Å². The van der Waals surface area contributed by atoms with Gasteiger partial charge in [-0.1, -0.05) is 23.2 Å². The molecule has 3 heterocycles. The highest BCUT2D eigenvalue weighted by Crippen LogP contribution is 2.32. The third-order valence-corrected chi connectivity index (χ3v) is 4.68. The molecule has 0 bridgehead atoms. The van der Waals surface area contributed by atoms with Crippen molar-refractivity contribution in [2.24, 2.45) is 5.92 Å². The topological polar surface area (TPSA) is 57.9 Å². The highest BCUT2D eigenvalue weighted by molar-refractivity contribution is 6.36. The van der Waals surface area contributed by atoms with E-state index in [4.69, 9.17) is 23.2 Å². The average molecular weight is 353 g/mol. The Morgan fingerprint density at radius 2 is 1.87 bits per heavy atom. The number of hydrogen-bond donors (Lipinski definition) is 0. The zero-order valence-corrected chi connectivity index (χ0v) is 13.7. The first-order valence-electron chi connectivity index (χ1n) is 7.45. The van der Waals surface area contributed by atoms with Crippen molar-refractivity contribution in [1.29, 1.82) is 0 Å². The number of carbonyl (C=O) groups excluding carboxylic acids is 2. The van der Waals surface area contributed by atoms with Crippen LogP contribution in [0.15, 0.2) is 18.5 Å². The van der Waals surface area contributed by atoms with Gasteiger partial charge in [-0.25, -0.2) is 4.98 Å². The lowest BCUT2D eigenvalue weighted by molar-refractivity contribution is -0.131. The summed E-state index contributed by atoms with van der Waals surface area (Å²) in [5, 5.41) is 0.866. The largest absolute Gasteiger partial charge is 0.323 e. The summed E-state index contributed by atoms with van der Waals surface area (Å²) in [6.07, 6.45) is 5.20. The van der Waals surface area contributed by atoms with Crippen molar-refractivity contribution < 1.29 is 9.59 Å². The molecule has 1 saturated carbocycles. The number of rotatable bonds is 2. The van der Waals surface area contributed by atoms with Gasteiger partial charge < -0.3 is 14.2 Å². The highest BCUT2D eigenvalue weighted by Gasteiger charge is 2.37. The Morgan fingerprint density at radius 3 is 2.61 bits per heavy atom. The number of pyridine rings is 1. The van der Waals surface area contributed by atoms with Gasteiger partial charge in [-0.2, -0.15) is 0 Å². The molecule has 120 valence electrons. The van der Waals surface area contributed by atoms with Crippen LogP contribution in [0, 0.1) is 5.92 Å². The van der Waals surface area contributed by atoms with Gasteiger partial charge in [0, 0.05) is 31.4 Å². The predicted octanol–water partition coefficient (Wildman–Crippen LogP) is 2.29. The van der Waals surface area contributed by atoms with Crippen LogP contribution in [-0.4, -0.2) is 50.8 Å². The van der Waals surface area contributed by atoms with Gasteiger partial charge in [-0.3, -0.25) is 9.59 Å². The highest BCUT2D eigenvalue weighted by atomic mass is 35.5. The number of hydrogen-bond acceptors (Lipinski definition) is 3. The Hall–Kier alpha value is -1.79. The molecule has 1 aliphatic heterocycles. The molecule has 0 aromatic carbocycles. The number of nitrogens with zero attached hydrogens (tertiary/aromatic N) is 4. The molecule has 23 heavy (non-hydrogen) atoms. The Bertz CT molecular complexity index is 815. The summed E-state index contributed by atoms with van der Waals surface area (Å²) in [6.45, 7) is 1.44. The van der Waals surface area contributed by atoms with Gasteiger partial charge in [0.05, 0.1) is 16.7 Å². The van der Waals surface area contributed by atoms with E-state index in [-0.39, 0.29) is 17.7 Å². The van der Waals surface area contributed by atoms with Gasteiger partial charge >= 0.3 is 0 Å². The number of fused-ring (bicyclic) bond motifs is 1. The normalized spacial score (nSPS) is 18.0. The second-order valence-corrected chi connectivity index (χ2v) is 6.79. The molecule has 0 radical (unpaired) electrons. The van der Waals surface area contributed by atoms with Crippen molar-refractivity contribution in [3.63, 3.8) is 0 Å². The summed E-state index contributed by atoms with van der Waals surface area (Å²) < 4.78 is 1.64. The summed E-state index contributed by atoms with van der Waals surface area (Å²) in [4.78, 5) is 32.3. The summed E-state index contributed by atoms with van der Waals surface area (Å²) in [5.41, 5.74) is 0.791. The van der Waals surface area contributed by atoms with Gasteiger partial charge in [-0.15, -0.1) is 0 Å². The Balaban J connectivity index is 1.55. The fourth-order valence-corrected chi connectivity index (χ4v) is 3.34. The third-order valence-electron chi connectivity index (χ3n) is 4.20.